The van der Waals surface area contributed by atoms with Crippen molar-refractivity contribution in [3.8, 4) is 0 Å². The zero-order valence-corrected chi connectivity index (χ0v) is 40.4. The molecule has 0 aromatic rings. The van der Waals surface area contributed by atoms with Gasteiger partial charge in [0.2, 0.25) is 5.91 Å². The maximum absolute atomic E-state index is 12.1. The zero-order chi connectivity index (χ0) is 45.3. The number of aliphatic hydroxyl groups is 1. The van der Waals surface area contributed by atoms with Crippen molar-refractivity contribution in [2.45, 2.75) is 219 Å². The minimum absolute atomic E-state index is 0.0551. The van der Waals surface area contributed by atoms with Crippen LogP contribution in [0.2, 0.25) is 0 Å². The average Bonchev–Trinajstić information content (AvgIpc) is 3.26. The van der Waals surface area contributed by atoms with Crippen molar-refractivity contribution in [2.24, 2.45) is 0 Å². The number of amides is 1. The Kier molecular flexibility index (Phi) is 45.9. The van der Waals surface area contributed by atoms with Gasteiger partial charge in [-0.25, -0.2) is 4.57 Å². The van der Waals surface area contributed by atoms with E-state index in [-0.39, 0.29) is 32.1 Å². The lowest BCUT2D eigenvalue weighted by Gasteiger charge is -2.15. The predicted molar refractivity (Wildman–Crippen MR) is 261 cm³/mol. The molecule has 0 bridgehead atoms. The number of carbonyl (C=O) groups is 2. The van der Waals surface area contributed by atoms with Crippen LogP contribution in [0, 0.1) is 0 Å². The number of hydrogen-bond acceptors (Lipinski definition) is 7. The van der Waals surface area contributed by atoms with E-state index in [1.807, 2.05) is 0 Å². The summed E-state index contributed by atoms with van der Waals surface area (Å²) in [5.74, 6) is -0.558. The highest BCUT2D eigenvalue weighted by molar-refractivity contribution is 7.47. The van der Waals surface area contributed by atoms with E-state index in [0.717, 1.165) is 77.0 Å². The van der Waals surface area contributed by atoms with Gasteiger partial charge >= 0.3 is 13.8 Å². The van der Waals surface area contributed by atoms with Crippen LogP contribution in [0.25, 0.3) is 0 Å². The molecule has 0 radical (unpaired) electrons. The van der Waals surface area contributed by atoms with E-state index in [9.17, 15) is 24.2 Å². The van der Waals surface area contributed by atoms with Crippen LogP contribution in [0.1, 0.15) is 213 Å². The number of allylic oxidation sites excluding steroid dienone is 12. The average molecular weight is 890 g/mol. The molecule has 0 aliphatic carbocycles. The Labute approximate surface area is 380 Å². The fourth-order valence-electron chi connectivity index (χ4n) is 6.68. The van der Waals surface area contributed by atoms with E-state index in [1.165, 1.54) is 109 Å². The molecule has 1 amide bonds. The van der Waals surface area contributed by atoms with Crippen molar-refractivity contribution in [1.82, 2.24) is 5.32 Å². The van der Waals surface area contributed by atoms with Crippen molar-refractivity contribution in [3.05, 3.63) is 72.9 Å². The van der Waals surface area contributed by atoms with Gasteiger partial charge in [0.25, 0.3) is 0 Å². The SMILES string of the molecule is CC/C=C\C/C=C\C/C=C\C/C=C\C/C=C\C/C=C\CCCCC(=O)NCCOP(=O)(O)OCC(O)COC(=O)CCCCCCCCCCCCCCCCCCCCCC. The molecule has 9 nitrogen and oxygen atoms in total. The van der Waals surface area contributed by atoms with Gasteiger partial charge in [0, 0.05) is 19.4 Å². The van der Waals surface area contributed by atoms with Crippen LogP contribution in [-0.2, 0) is 27.9 Å². The Morgan fingerprint density at radius 2 is 0.919 bits per heavy atom. The first-order valence-corrected chi connectivity index (χ1v) is 26.4. The van der Waals surface area contributed by atoms with E-state index in [4.69, 9.17) is 13.8 Å². The number of aliphatic hydroxyl groups excluding tert-OH is 1. The molecule has 0 spiro atoms. The molecule has 2 unspecified atom stereocenters. The second-order valence-corrected chi connectivity index (χ2v) is 17.9. The number of unbranched alkanes of at least 4 members (excludes halogenated alkanes) is 21. The lowest BCUT2D eigenvalue weighted by molar-refractivity contribution is -0.147. The summed E-state index contributed by atoms with van der Waals surface area (Å²) in [6, 6.07) is 0. The van der Waals surface area contributed by atoms with Gasteiger partial charge in [-0.15, -0.1) is 0 Å². The van der Waals surface area contributed by atoms with Gasteiger partial charge in [0.05, 0.1) is 13.2 Å². The molecule has 2 atom stereocenters. The van der Waals surface area contributed by atoms with Crippen LogP contribution in [0.4, 0.5) is 0 Å². The van der Waals surface area contributed by atoms with Gasteiger partial charge in [-0.05, 0) is 64.2 Å². The largest absolute Gasteiger partial charge is 0.472 e. The van der Waals surface area contributed by atoms with Crippen molar-refractivity contribution >= 4 is 19.7 Å². The number of hydrogen-bond donors (Lipinski definition) is 3. The Bertz CT molecular complexity index is 1240. The van der Waals surface area contributed by atoms with Gasteiger partial charge in [-0.2, -0.15) is 0 Å². The lowest BCUT2D eigenvalue weighted by Crippen LogP contribution is -2.27. The van der Waals surface area contributed by atoms with Crippen LogP contribution in [0.15, 0.2) is 72.9 Å². The number of carbonyl (C=O) groups excluding carboxylic acids is 2. The number of phosphoric ester groups is 1. The van der Waals surface area contributed by atoms with Crippen LogP contribution in [0.3, 0.4) is 0 Å². The molecule has 0 aromatic heterocycles. The molecular formula is C52H92NO8P. The van der Waals surface area contributed by atoms with Crippen LogP contribution >= 0.6 is 7.82 Å². The second kappa shape index (κ2) is 47.9. The topological polar surface area (TPSA) is 131 Å². The fourth-order valence-corrected chi connectivity index (χ4v) is 7.44. The molecule has 358 valence electrons. The molecule has 3 N–H and O–H groups in total. The zero-order valence-electron chi connectivity index (χ0n) is 39.5. The molecule has 62 heavy (non-hydrogen) atoms. The number of rotatable bonds is 46. The Balaban J connectivity index is 3.63. The van der Waals surface area contributed by atoms with Gasteiger partial charge in [0.1, 0.15) is 12.7 Å². The third kappa shape index (κ3) is 48.5. The number of ether oxygens (including phenoxy) is 1. The van der Waals surface area contributed by atoms with Crippen LogP contribution < -0.4 is 5.32 Å². The van der Waals surface area contributed by atoms with E-state index < -0.39 is 26.5 Å². The Morgan fingerprint density at radius 3 is 1.37 bits per heavy atom. The maximum atomic E-state index is 12.1. The Morgan fingerprint density at radius 1 is 0.516 bits per heavy atom. The van der Waals surface area contributed by atoms with Crippen molar-refractivity contribution in [3.63, 3.8) is 0 Å². The minimum Gasteiger partial charge on any atom is -0.463 e. The second-order valence-electron chi connectivity index (χ2n) is 16.4. The first-order valence-electron chi connectivity index (χ1n) is 24.9. The highest BCUT2D eigenvalue weighted by atomic mass is 31.2. The van der Waals surface area contributed by atoms with Crippen LogP contribution in [0.5, 0.6) is 0 Å². The molecule has 0 aliphatic rings. The molecule has 10 heteroatoms. The summed E-state index contributed by atoms with van der Waals surface area (Å²) < 4.78 is 27.0. The summed E-state index contributed by atoms with van der Waals surface area (Å²) in [7, 11) is -4.44. The van der Waals surface area contributed by atoms with E-state index in [2.05, 4.69) is 92.1 Å². The summed E-state index contributed by atoms with van der Waals surface area (Å²) in [5.41, 5.74) is 0. The summed E-state index contributed by atoms with van der Waals surface area (Å²) in [5, 5.41) is 12.7. The summed E-state index contributed by atoms with van der Waals surface area (Å²) in [4.78, 5) is 34.0. The minimum atomic E-state index is -4.44. The first-order chi connectivity index (χ1) is 30.3. The van der Waals surface area contributed by atoms with Gasteiger partial charge < -0.3 is 20.1 Å². The maximum Gasteiger partial charge on any atom is 0.472 e. The molecule has 0 aliphatic heterocycles. The third-order valence-electron chi connectivity index (χ3n) is 10.4. The number of nitrogens with one attached hydrogen (secondary N) is 1. The molecule has 0 heterocycles. The van der Waals surface area contributed by atoms with Gasteiger partial charge in [-0.3, -0.25) is 18.6 Å². The highest BCUT2D eigenvalue weighted by Crippen LogP contribution is 2.42. The van der Waals surface area contributed by atoms with Crippen molar-refractivity contribution in [2.75, 3.05) is 26.4 Å². The van der Waals surface area contributed by atoms with Gasteiger partial charge in [0.15, 0.2) is 0 Å². The molecule has 0 saturated heterocycles. The monoisotopic (exact) mass is 890 g/mol. The number of phosphoric acid groups is 1. The number of esters is 1. The van der Waals surface area contributed by atoms with E-state index >= 15 is 0 Å². The van der Waals surface area contributed by atoms with Crippen molar-refractivity contribution < 1.29 is 37.9 Å². The molecule has 0 fully saturated rings. The summed E-state index contributed by atoms with van der Waals surface area (Å²) in [6.45, 7) is 3.40. The summed E-state index contributed by atoms with van der Waals surface area (Å²) >= 11 is 0. The van der Waals surface area contributed by atoms with Gasteiger partial charge in [-0.1, -0.05) is 209 Å². The van der Waals surface area contributed by atoms with Crippen molar-refractivity contribution in [1.29, 1.82) is 0 Å². The molecular weight excluding hydrogens is 798 g/mol. The van der Waals surface area contributed by atoms with E-state index in [0.29, 0.717) is 6.42 Å². The first kappa shape index (κ1) is 59.5. The van der Waals surface area contributed by atoms with E-state index in [1.54, 1.807) is 0 Å². The van der Waals surface area contributed by atoms with Crippen LogP contribution in [-0.4, -0.2) is 54.3 Å². The third-order valence-corrected chi connectivity index (χ3v) is 11.4. The molecule has 0 aromatic carbocycles. The molecule has 0 saturated carbocycles. The Hall–Kier alpha value is -2.55. The normalized spacial score (nSPS) is 13.8. The predicted octanol–water partition coefficient (Wildman–Crippen LogP) is 14.6. The standard InChI is InChI=1S/C52H92NO8P/c1-3-5-7-9-11-13-15-17-19-21-23-25-26-28-30-32-34-36-38-40-42-44-51(55)53-46-47-60-62(57,58)61-49-50(54)48-59-52(56)45-43-41-39-37-35-33-31-29-27-24-22-20-18-16-14-12-10-8-6-4-2/h5,7,11,13,17,19,23,25,28,30,34,36,50,54H,3-4,6,8-10,12,14-16,18,20-22,24,26-27,29,31-33,35,37-49H2,1-2H3,(H,53,55)(H,57,58)/b7-5-,13-11-,19-17-,25-23-,30-28-,36-34-. The fraction of sp³-hybridized carbons (Fsp3) is 0.731. The molecule has 0 rings (SSSR count). The quantitative estimate of drug-likeness (QED) is 0.0238. The highest BCUT2D eigenvalue weighted by Gasteiger charge is 2.23. The smallest absolute Gasteiger partial charge is 0.463 e. The summed E-state index contributed by atoms with van der Waals surface area (Å²) in [6.07, 6.45) is 59.9. The lowest BCUT2D eigenvalue weighted by atomic mass is 10.0.